The molecule has 1 aromatic heterocycles. The largest absolute Gasteiger partial charge is 1.00 e. The van der Waals surface area contributed by atoms with Gasteiger partial charge in [-0.1, -0.05) is 18.5 Å². The standard InChI is InChI=1S/C17H17ClN2O3.C7H12NO.Li/c1-3-20-11(2)19-9-14(20)15(21)6-4-5-12-7-16-17(8-13(12)18)23-10-22-16;1-3-8(2)6-4-5-7-9;/h7-9H,1-6,10H2;4-5H,3,6H2,1-2H3;/q-2;-1;+1/b;5-4+;. The van der Waals surface area contributed by atoms with Gasteiger partial charge < -0.3 is 37.6 Å². The van der Waals surface area contributed by atoms with Crippen LogP contribution in [0.5, 0.6) is 11.5 Å². The molecular formula is C24H29ClLiN3O4-2. The maximum absolute atomic E-state index is 12.3. The number of ether oxygens (including phenoxy) is 2. The zero-order valence-corrected chi connectivity index (χ0v) is 20.4. The van der Waals surface area contributed by atoms with Crippen molar-refractivity contribution in [1.29, 1.82) is 0 Å². The van der Waals surface area contributed by atoms with Crippen molar-refractivity contribution in [3.63, 3.8) is 0 Å². The third kappa shape index (κ3) is 8.60. The van der Waals surface area contributed by atoms with E-state index in [-0.39, 0.29) is 31.4 Å². The number of fused-ring (bicyclic) bond motifs is 1. The Bertz CT molecular complexity index is 946. The number of allylic oxidation sites excluding steroid dienone is 1. The van der Waals surface area contributed by atoms with Gasteiger partial charge in [-0.2, -0.15) is 6.08 Å². The number of imidazole rings is 1. The number of carbonyl (C=O) groups is 1. The number of Topliss-reactive ketones (excluding diaryl/α,β-unsaturated/α-hetero) is 1. The van der Waals surface area contributed by atoms with E-state index in [1.54, 1.807) is 29.2 Å². The molecule has 0 spiro atoms. The van der Waals surface area contributed by atoms with Gasteiger partial charge in [0.1, 0.15) is 0 Å². The molecule has 1 aliphatic rings. The van der Waals surface area contributed by atoms with E-state index < -0.39 is 0 Å². The first-order chi connectivity index (χ1) is 15.4. The van der Waals surface area contributed by atoms with E-state index in [4.69, 9.17) is 21.1 Å². The minimum atomic E-state index is 0. The van der Waals surface area contributed by atoms with Crippen LogP contribution >= 0.6 is 11.6 Å². The van der Waals surface area contributed by atoms with Crippen LogP contribution < -0.4 is 28.3 Å². The van der Waals surface area contributed by atoms with Gasteiger partial charge in [-0.3, -0.25) is 9.78 Å². The Labute approximate surface area is 213 Å². The monoisotopic (exact) mass is 465 g/mol. The van der Waals surface area contributed by atoms with E-state index in [1.165, 1.54) is 6.08 Å². The van der Waals surface area contributed by atoms with Crippen molar-refractivity contribution in [2.75, 3.05) is 26.9 Å². The summed E-state index contributed by atoms with van der Waals surface area (Å²) in [6.45, 7) is 12.1. The molecule has 0 bridgehead atoms. The van der Waals surface area contributed by atoms with Crippen molar-refractivity contribution < 1.29 is 37.9 Å². The fourth-order valence-corrected chi connectivity index (χ4v) is 3.26. The molecule has 0 saturated heterocycles. The first kappa shape index (κ1) is 28.9. The third-order valence-electron chi connectivity index (χ3n) is 4.98. The Morgan fingerprint density at radius 3 is 2.70 bits per heavy atom. The average Bonchev–Trinajstić information content (AvgIpc) is 3.39. The molecule has 33 heavy (non-hydrogen) atoms. The van der Waals surface area contributed by atoms with Gasteiger partial charge in [0, 0.05) is 17.5 Å². The first-order valence-electron chi connectivity index (χ1n) is 10.4. The summed E-state index contributed by atoms with van der Waals surface area (Å²) in [5.74, 6) is 1.96. The number of aromatic nitrogens is 2. The summed E-state index contributed by atoms with van der Waals surface area (Å²) in [5.41, 5.74) is 1.51. The number of nitrogens with zero attached hydrogens (tertiary/aromatic N) is 3. The van der Waals surface area contributed by atoms with Gasteiger partial charge in [-0.05, 0) is 56.7 Å². The predicted molar refractivity (Wildman–Crippen MR) is 125 cm³/mol. The van der Waals surface area contributed by atoms with Gasteiger partial charge in [-0.25, -0.2) is 6.08 Å². The van der Waals surface area contributed by atoms with Crippen LogP contribution in [0.4, 0.5) is 0 Å². The Kier molecular flexibility index (Phi) is 13.0. The summed E-state index contributed by atoms with van der Waals surface area (Å²) in [7, 11) is 2.00. The van der Waals surface area contributed by atoms with Crippen molar-refractivity contribution in [1.82, 2.24) is 14.5 Å². The van der Waals surface area contributed by atoms with Crippen LogP contribution in [0.3, 0.4) is 0 Å². The van der Waals surface area contributed by atoms with Crippen LogP contribution in [0.25, 0.3) is 0 Å². The number of carbonyl (C=O) groups excluding carboxylic acids is 2. The molecule has 0 unspecified atom stereocenters. The first-order valence-corrected chi connectivity index (χ1v) is 10.8. The quantitative estimate of drug-likeness (QED) is 0.226. The van der Waals surface area contributed by atoms with Gasteiger partial charge in [0.2, 0.25) is 6.79 Å². The molecule has 0 aliphatic carbocycles. The summed E-state index contributed by atoms with van der Waals surface area (Å²) in [6, 6.07) is 3.64. The van der Waals surface area contributed by atoms with Crippen LogP contribution in [0, 0.1) is 13.8 Å². The zero-order valence-electron chi connectivity index (χ0n) is 19.6. The summed E-state index contributed by atoms with van der Waals surface area (Å²) < 4.78 is 12.3. The van der Waals surface area contributed by atoms with E-state index in [0.29, 0.717) is 53.8 Å². The number of halogens is 1. The minimum Gasteiger partial charge on any atom is -0.454 e. The molecule has 0 atom stereocenters. The zero-order chi connectivity index (χ0) is 23.5. The number of ketones is 1. The molecule has 0 saturated carbocycles. The molecule has 7 nitrogen and oxygen atoms in total. The van der Waals surface area contributed by atoms with Crippen LogP contribution in [-0.2, 0) is 17.8 Å². The van der Waals surface area contributed by atoms with Gasteiger partial charge in [-0.15, -0.1) is 6.54 Å². The summed E-state index contributed by atoms with van der Waals surface area (Å²) in [6.07, 6.45) is 8.22. The molecular weight excluding hydrogens is 437 g/mol. The molecule has 9 heteroatoms. The predicted octanol–water partition coefficient (Wildman–Crippen LogP) is 1.10. The van der Waals surface area contributed by atoms with E-state index in [0.717, 1.165) is 18.7 Å². The number of benzene rings is 1. The van der Waals surface area contributed by atoms with Crippen molar-refractivity contribution in [3.8, 4) is 11.5 Å². The fourth-order valence-electron chi connectivity index (χ4n) is 3.01. The van der Waals surface area contributed by atoms with Gasteiger partial charge >= 0.3 is 18.9 Å². The Balaban J connectivity index is 0.000000467. The number of aryl methyl sites for hydroxylation is 1. The van der Waals surface area contributed by atoms with Crippen molar-refractivity contribution in [2.24, 2.45) is 0 Å². The Morgan fingerprint density at radius 1 is 1.36 bits per heavy atom. The number of hydrogen-bond donors (Lipinski definition) is 0. The van der Waals surface area contributed by atoms with Crippen molar-refractivity contribution in [2.45, 2.75) is 32.7 Å². The smallest absolute Gasteiger partial charge is 0.454 e. The Hall–Kier alpha value is -2.17. The van der Waals surface area contributed by atoms with Crippen LogP contribution in [0.15, 0.2) is 30.5 Å². The third-order valence-corrected chi connectivity index (χ3v) is 5.33. The molecule has 0 amide bonds. The van der Waals surface area contributed by atoms with Crippen LogP contribution in [0.1, 0.15) is 41.6 Å². The molecule has 0 N–H and O–H groups in total. The maximum Gasteiger partial charge on any atom is 1.00 e. The SMILES string of the molecule is CCN(C)C/C=C/[C-]=O.[CH2-]Cn1c(C(=O)CCCc2cc3c(cc2Cl)OCO3)cnc1[CH2-].[Li+]. The van der Waals surface area contributed by atoms with Crippen molar-refractivity contribution in [3.05, 3.63) is 66.4 Å². The number of hydrogen-bond acceptors (Lipinski definition) is 6. The van der Waals surface area contributed by atoms with Crippen LogP contribution in [-0.4, -0.2) is 53.5 Å². The molecule has 2 heterocycles. The molecule has 1 aliphatic heterocycles. The topological polar surface area (TPSA) is 73.7 Å². The second-order valence-corrected chi connectivity index (χ2v) is 7.57. The second kappa shape index (κ2) is 14.9. The summed E-state index contributed by atoms with van der Waals surface area (Å²) in [4.78, 5) is 28.1. The van der Waals surface area contributed by atoms with Gasteiger partial charge in [0.05, 0.1) is 11.9 Å². The van der Waals surface area contributed by atoms with E-state index >= 15 is 0 Å². The van der Waals surface area contributed by atoms with E-state index in [1.807, 2.05) is 13.1 Å². The van der Waals surface area contributed by atoms with Gasteiger partial charge in [0.25, 0.3) is 0 Å². The molecule has 0 radical (unpaired) electrons. The molecule has 2 aromatic rings. The fraction of sp³-hybridized carbons (Fsp3) is 0.375. The normalized spacial score (nSPS) is 11.8. The minimum absolute atomic E-state index is 0. The summed E-state index contributed by atoms with van der Waals surface area (Å²) >= 11 is 6.24. The van der Waals surface area contributed by atoms with E-state index in [2.05, 4.69) is 30.7 Å². The van der Waals surface area contributed by atoms with E-state index in [9.17, 15) is 9.59 Å². The maximum atomic E-state index is 12.3. The number of likely N-dealkylation sites (N-methyl/N-ethyl adjacent to an activating group) is 1. The molecule has 174 valence electrons. The molecule has 1 aromatic carbocycles. The number of rotatable bonds is 10. The Morgan fingerprint density at radius 2 is 2.06 bits per heavy atom. The summed E-state index contributed by atoms with van der Waals surface area (Å²) in [5, 5.41) is 0.629. The van der Waals surface area contributed by atoms with Crippen LogP contribution in [0.2, 0.25) is 5.02 Å². The molecule has 0 fully saturated rings. The van der Waals surface area contributed by atoms with Gasteiger partial charge in [0.15, 0.2) is 17.3 Å². The molecule has 3 rings (SSSR count). The van der Waals surface area contributed by atoms with Crippen molar-refractivity contribution >= 4 is 23.7 Å². The average molecular weight is 466 g/mol. The second-order valence-electron chi connectivity index (χ2n) is 7.16.